The smallest absolute Gasteiger partial charge is 0.315 e. The van der Waals surface area contributed by atoms with E-state index in [1.165, 1.54) is 30.4 Å². The quantitative estimate of drug-likeness (QED) is 0.898. The van der Waals surface area contributed by atoms with Crippen LogP contribution in [0.15, 0.2) is 24.3 Å². The van der Waals surface area contributed by atoms with Crippen LogP contribution in [0.4, 0.5) is 4.79 Å². The van der Waals surface area contributed by atoms with Crippen LogP contribution < -0.4 is 10.6 Å². The van der Waals surface area contributed by atoms with Crippen molar-refractivity contribution < 1.29 is 9.59 Å². The Morgan fingerprint density at radius 2 is 1.83 bits per heavy atom. The molecule has 0 atom stereocenters. The summed E-state index contributed by atoms with van der Waals surface area (Å²) >= 11 is 0. The number of hydrogen-bond acceptors (Lipinski definition) is 2. The van der Waals surface area contributed by atoms with Gasteiger partial charge in [-0.25, -0.2) is 4.79 Å². The van der Waals surface area contributed by atoms with Crippen LogP contribution >= 0.6 is 0 Å². The summed E-state index contributed by atoms with van der Waals surface area (Å²) in [6.07, 6.45) is 6.59. The molecule has 3 amide bonds. The van der Waals surface area contributed by atoms with E-state index in [0.29, 0.717) is 6.54 Å². The van der Waals surface area contributed by atoms with E-state index in [2.05, 4.69) is 22.8 Å². The fraction of sp³-hybridized carbons (Fsp3) is 0.556. The lowest BCUT2D eigenvalue weighted by molar-refractivity contribution is -0.131. The summed E-state index contributed by atoms with van der Waals surface area (Å²) in [6, 6.07) is 8.27. The fourth-order valence-corrected chi connectivity index (χ4v) is 3.46. The lowest BCUT2D eigenvalue weighted by Gasteiger charge is -2.29. The minimum absolute atomic E-state index is 0.0155. The zero-order chi connectivity index (χ0) is 16.1. The number of carbonyl (C=O) groups is 2. The molecule has 1 aliphatic heterocycles. The van der Waals surface area contributed by atoms with E-state index in [-0.39, 0.29) is 24.5 Å². The van der Waals surface area contributed by atoms with E-state index in [0.717, 1.165) is 25.8 Å². The summed E-state index contributed by atoms with van der Waals surface area (Å²) in [6.45, 7) is 1.43. The first-order chi connectivity index (χ1) is 11.2. The molecule has 3 rings (SSSR count). The molecule has 1 heterocycles. The Labute approximate surface area is 137 Å². The van der Waals surface area contributed by atoms with Crippen LogP contribution in [0.25, 0.3) is 0 Å². The molecule has 1 aliphatic carbocycles. The highest BCUT2D eigenvalue weighted by atomic mass is 16.2. The zero-order valence-electron chi connectivity index (χ0n) is 13.5. The average Bonchev–Trinajstić information content (AvgIpc) is 2.60. The van der Waals surface area contributed by atoms with Crippen LogP contribution in [0.1, 0.15) is 43.2 Å². The summed E-state index contributed by atoms with van der Waals surface area (Å²) < 4.78 is 0. The molecule has 124 valence electrons. The number of fused-ring (bicyclic) bond motifs is 1. The van der Waals surface area contributed by atoms with Gasteiger partial charge in [0.25, 0.3) is 0 Å². The first kappa shape index (κ1) is 15.8. The van der Waals surface area contributed by atoms with Crippen LogP contribution in [0.5, 0.6) is 0 Å². The van der Waals surface area contributed by atoms with Gasteiger partial charge < -0.3 is 15.5 Å². The highest BCUT2D eigenvalue weighted by Crippen LogP contribution is 2.18. The van der Waals surface area contributed by atoms with Crippen molar-refractivity contribution in [1.29, 1.82) is 0 Å². The predicted octanol–water partition coefficient (Wildman–Crippen LogP) is 2.20. The molecule has 5 nitrogen and oxygen atoms in total. The SMILES string of the molecule is O=C(NCC(=O)N1CCc2ccccc2C1)NC1CCCCC1. The maximum atomic E-state index is 12.3. The van der Waals surface area contributed by atoms with Crippen molar-refractivity contribution in [3.8, 4) is 0 Å². The van der Waals surface area contributed by atoms with Gasteiger partial charge in [0, 0.05) is 19.1 Å². The van der Waals surface area contributed by atoms with Gasteiger partial charge in [-0.2, -0.15) is 0 Å². The van der Waals surface area contributed by atoms with Crippen molar-refractivity contribution in [2.75, 3.05) is 13.1 Å². The number of nitrogens with zero attached hydrogens (tertiary/aromatic N) is 1. The van der Waals surface area contributed by atoms with E-state index in [1.54, 1.807) is 0 Å². The maximum Gasteiger partial charge on any atom is 0.315 e. The van der Waals surface area contributed by atoms with Gasteiger partial charge in [-0.15, -0.1) is 0 Å². The molecule has 0 radical (unpaired) electrons. The summed E-state index contributed by atoms with van der Waals surface area (Å²) in [4.78, 5) is 26.0. The van der Waals surface area contributed by atoms with Crippen molar-refractivity contribution in [2.45, 2.75) is 51.1 Å². The van der Waals surface area contributed by atoms with E-state index in [4.69, 9.17) is 0 Å². The number of benzene rings is 1. The van der Waals surface area contributed by atoms with Crippen LogP contribution in [0.3, 0.4) is 0 Å². The fourth-order valence-electron chi connectivity index (χ4n) is 3.46. The minimum atomic E-state index is -0.220. The number of amides is 3. The largest absolute Gasteiger partial charge is 0.336 e. The van der Waals surface area contributed by atoms with Crippen molar-refractivity contribution in [1.82, 2.24) is 15.5 Å². The molecule has 0 unspecified atom stereocenters. The second-order valence-corrected chi connectivity index (χ2v) is 6.50. The molecule has 23 heavy (non-hydrogen) atoms. The Balaban J connectivity index is 1.43. The highest BCUT2D eigenvalue weighted by Gasteiger charge is 2.21. The molecule has 2 aliphatic rings. The van der Waals surface area contributed by atoms with Crippen LogP contribution in [0.2, 0.25) is 0 Å². The molecule has 2 N–H and O–H groups in total. The Kier molecular flexibility index (Phi) is 5.16. The second-order valence-electron chi connectivity index (χ2n) is 6.50. The summed E-state index contributed by atoms with van der Waals surface area (Å²) in [5, 5.41) is 5.68. The van der Waals surface area contributed by atoms with E-state index < -0.39 is 0 Å². The van der Waals surface area contributed by atoms with Crippen LogP contribution in [0, 0.1) is 0 Å². The van der Waals surface area contributed by atoms with Crippen LogP contribution in [-0.2, 0) is 17.8 Å². The molecule has 0 spiro atoms. The first-order valence-corrected chi connectivity index (χ1v) is 8.61. The number of carbonyl (C=O) groups excluding carboxylic acids is 2. The molecule has 1 saturated carbocycles. The van der Waals surface area contributed by atoms with Crippen molar-refractivity contribution in [3.05, 3.63) is 35.4 Å². The Hall–Kier alpha value is -2.04. The Bertz CT molecular complexity index is 567. The van der Waals surface area contributed by atoms with Gasteiger partial charge in [0.05, 0.1) is 6.54 Å². The summed E-state index contributed by atoms with van der Waals surface area (Å²) in [5.74, 6) is -0.0155. The monoisotopic (exact) mass is 315 g/mol. The highest BCUT2D eigenvalue weighted by molar-refractivity contribution is 5.84. The Morgan fingerprint density at radius 1 is 1.09 bits per heavy atom. The number of rotatable bonds is 3. The van der Waals surface area contributed by atoms with Gasteiger partial charge in [-0.3, -0.25) is 4.79 Å². The molecule has 5 heteroatoms. The van der Waals surface area contributed by atoms with Gasteiger partial charge in [0.1, 0.15) is 0 Å². The van der Waals surface area contributed by atoms with Crippen molar-refractivity contribution in [3.63, 3.8) is 0 Å². The molecular weight excluding hydrogens is 290 g/mol. The first-order valence-electron chi connectivity index (χ1n) is 8.61. The number of hydrogen-bond donors (Lipinski definition) is 2. The third kappa shape index (κ3) is 4.24. The molecule has 0 saturated heterocycles. The molecule has 0 aromatic heterocycles. The molecule has 0 bridgehead atoms. The molecule has 1 aromatic carbocycles. The lowest BCUT2D eigenvalue weighted by atomic mass is 9.96. The average molecular weight is 315 g/mol. The standard InChI is InChI=1S/C18H25N3O2/c22-17(12-19-18(23)20-16-8-2-1-3-9-16)21-11-10-14-6-4-5-7-15(14)13-21/h4-7,16H,1-3,8-13H2,(H2,19,20,23). The number of nitrogens with one attached hydrogen (secondary N) is 2. The summed E-state index contributed by atoms with van der Waals surface area (Å²) in [5.41, 5.74) is 2.53. The molecular formula is C18H25N3O2. The van der Waals surface area contributed by atoms with E-state index in [1.807, 2.05) is 17.0 Å². The second kappa shape index (κ2) is 7.49. The van der Waals surface area contributed by atoms with Gasteiger partial charge in [-0.05, 0) is 30.4 Å². The maximum absolute atomic E-state index is 12.3. The number of urea groups is 1. The van der Waals surface area contributed by atoms with Gasteiger partial charge in [-0.1, -0.05) is 43.5 Å². The minimum Gasteiger partial charge on any atom is -0.336 e. The zero-order valence-corrected chi connectivity index (χ0v) is 13.5. The van der Waals surface area contributed by atoms with E-state index in [9.17, 15) is 9.59 Å². The van der Waals surface area contributed by atoms with Gasteiger partial charge in [0.15, 0.2) is 0 Å². The third-order valence-electron chi connectivity index (χ3n) is 4.82. The van der Waals surface area contributed by atoms with Gasteiger partial charge in [0.2, 0.25) is 5.91 Å². The normalized spacial score (nSPS) is 18.2. The van der Waals surface area contributed by atoms with Crippen LogP contribution in [-0.4, -0.2) is 36.0 Å². The Morgan fingerprint density at radius 3 is 2.61 bits per heavy atom. The lowest BCUT2D eigenvalue weighted by Crippen LogP contribution is -2.47. The van der Waals surface area contributed by atoms with E-state index >= 15 is 0 Å². The van der Waals surface area contributed by atoms with Gasteiger partial charge >= 0.3 is 6.03 Å². The summed E-state index contributed by atoms with van der Waals surface area (Å²) in [7, 11) is 0. The molecule has 1 fully saturated rings. The third-order valence-corrected chi connectivity index (χ3v) is 4.82. The molecule has 1 aromatic rings. The van der Waals surface area contributed by atoms with Crippen molar-refractivity contribution >= 4 is 11.9 Å². The predicted molar refractivity (Wildman–Crippen MR) is 89.0 cm³/mol. The topological polar surface area (TPSA) is 61.4 Å². The van der Waals surface area contributed by atoms with Crippen molar-refractivity contribution in [2.24, 2.45) is 0 Å².